The van der Waals surface area contributed by atoms with E-state index in [1.54, 1.807) is 18.3 Å². The van der Waals surface area contributed by atoms with Crippen LogP contribution in [0.5, 0.6) is 0 Å². The second-order valence-electron chi connectivity index (χ2n) is 7.45. The maximum Gasteiger partial charge on any atom is 0.270 e. The van der Waals surface area contributed by atoms with Gasteiger partial charge < -0.3 is 0 Å². The number of hydrazone groups is 1. The highest BCUT2D eigenvalue weighted by atomic mass is 16.1. The normalized spacial score (nSPS) is 11.1. The molecule has 0 spiro atoms. The lowest BCUT2D eigenvalue weighted by Crippen LogP contribution is -2.23. The monoisotopic (exact) mass is 428 g/mol. The van der Waals surface area contributed by atoms with Crippen molar-refractivity contribution in [1.29, 1.82) is 5.26 Å². The van der Waals surface area contributed by atoms with E-state index in [-0.39, 0.29) is 11.5 Å². The number of anilines is 1. The maximum atomic E-state index is 12.3. The molecule has 0 atom stereocenters. The molecule has 32 heavy (non-hydrogen) atoms. The Kier molecular flexibility index (Phi) is 8.29. The van der Waals surface area contributed by atoms with Crippen LogP contribution >= 0.6 is 0 Å². The Bertz CT molecular complexity index is 1130. The molecule has 0 aliphatic heterocycles. The summed E-state index contributed by atoms with van der Waals surface area (Å²) in [5.41, 5.74) is 5.43. The number of nitrogens with zero attached hydrogens (tertiary/aromatic N) is 4. The first kappa shape index (κ1) is 22.9. The first-order chi connectivity index (χ1) is 15.6. The topological polar surface area (TPSA) is 97.2 Å². The van der Waals surface area contributed by atoms with Crippen LogP contribution in [-0.2, 0) is 6.54 Å². The molecule has 0 fully saturated rings. The van der Waals surface area contributed by atoms with Crippen molar-refractivity contribution < 1.29 is 0 Å². The molecular weight excluding hydrogens is 400 g/mol. The standard InChI is InChI=1S/C25H28N6O/c1-3-5-15-31(4-2)18-20-13-11-19(12-14-20)17-27-30-25-28-23(21-9-7-6-8-10-21)22(16-26)24(32)29-25/h6-14,17H,3-5,15,18H2,1-2H3,(H2,28,29,30,32). The summed E-state index contributed by atoms with van der Waals surface area (Å²) in [6.07, 6.45) is 4.08. The van der Waals surface area contributed by atoms with Gasteiger partial charge in [0.1, 0.15) is 11.6 Å². The van der Waals surface area contributed by atoms with Gasteiger partial charge in [0, 0.05) is 12.1 Å². The van der Waals surface area contributed by atoms with E-state index in [1.807, 2.05) is 36.4 Å². The fourth-order valence-corrected chi connectivity index (χ4v) is 3.30. The van der Waals surface area contributed by atoms with E-state index < -0.39 is 5.56 Å². The van der Waals surface area contributed by atoms with Crippen LogP contribution in [0.1, 0.15) is 43.4 Å². The average molecular weight is 429 g/mol. The predicted octanol–water partition coefficient (Wildman–Crippen LogP) is 4.38. The van der Waals surface area contributed by atoms with Crippen LogP contribution in [0.2, 0.25) is 0 Å². The first-order valence-electron chi connectivity index (χ1n) is 10.8. The van der Waals surface area contributed by atoms with Gasteiger partial charge in [0.05, 0.1) is 11.9 Å². The van der Waals surface area contributed by atoms with Gasteiger partial charge in [-0.15, -0.1) is 0 Å². The smallest absolute Gasteiger partial charge is 0.270 e. The molecule has 2 aromatic carbocycles. The lowest BCUT2D eigenvalue weighted by molar-refractivity contribution is 0.275. The second kappa shape index (κ2) is 11.6. The van der Waals surface area contributed by atoms with Crippen molar-refractivity contribution in [3.05, 3.63) is 81.6 Å². The summed E-state index contributed by atoms with van der Waals surface area (Å²) in [4.78, 5) is 21.7. The number of aromatic amines is 1. The largest absolute Gasteiger partial charge is 0.299 e. The van der Waals surface area contributed by atoms with E-state index in [9.17, 15) is 10.1 Å². The third-order valence-corrected chi connectivity index (χ3v) is 5.12. The molecule has 0 unspecified atom stereocenters. The molecule has 2 N–H and O–H groups in total. The van der Waals surface area contributed by atoms with Crippen LogP contribution in [0.4, 0.5) is 5.95 Å². The van der Waals surface area contributed by atoms with Crippen molar-refractivity contribution in [2.75, 3.05) is 18.5 Å². The van der Waals surface area contributed by atoms with Gasteiger partial charge >= 0.3 is 0 Å². The van der Waals surface area contributed by atoms with Crippen molar-refractivity contribution in [2.45, 2.75) is 33.2 Å². The van der Waals surface area contributed by atoms with Crippen LogP contribution in [0.3, 0.4) is 0 Å². The molecule has 164 valence electrons. The highest BCUT2D eigenvalue weighted by Gasteiger charge is 2.12. The fourth-order valence-electron chi connectivity index (χ4n) is 3.30. The van der Waals surface area contributed by atoms with Crippen molar-refractivity contribution in [3.63, 3.8) is 0 Å². The third kappa shape index (κ3) is 6.13. The molecule has 7 nitrogen and oxygen atoms in total. The Morgan fingerprint density at radius 3 is 2.56 bits per heavy atom. The van der Waals surface area contributed by atoms with E-state index in [0.29, 0.717) is 11.3 Å². The number of hydrogen-bond acceptors (Lipinski definition) is 6. The van der Waals surface area contributed by atoms with Crippen LogP contribution in [0, 0.1) is 11.3 Å². The molecule has 3 rings (SSSR count). The highest BCUT2D eigenvalue weighted by Crippen LogP contribution is 2.19. The summed E-state index contributed by atoms with van der Waals surface area (Å²) in [7, 11) is 0. The van der Waals surface area contributed by atoms with Gasteiger partial charge in [0.25, 0.3) is 5.56 Å². The Hall–Kier alpha value is -3.76. The van der Waals surface area contributed by atoms with E-state index in [1.165, 1.54) is 18.4 Å². The van der Waals surface area contributed by atoms with Gasteiger partial charge in [-0.1, -0.05) is 74.9 Å². The summed E-state index contributed by atoms with van der Waals surface area (Å²) in [6, 6.07) is 19.3. The quantitative estimate of drug-likeness (QED) is 0.369. The number of benzene rings is 2. The van der Waals surface area contributed by atoms with Gasteiger partial charge in [-0.3, -0.25) is 14.7 Å². The van der Waals surface area contributed by atoms with Gasteiger partial charge in [0.2, 0.25) is 5.95 Å². The minimum Gasteiger partial charge on any atom is -0.299 e. The molecule has 0 aliphatic rings. The van der Waals surface area contributed by atoms with Crippen LogP contribution in [0.25, 0.3) is 11.3 Å². The van der Waals surface area contributed by atoms with Gasteiger partial charge in [-0.25, -0.2) is 10.4 Å². The Morgan fingerprint density at radius 1 is 1.16 bits per heavy atom. The number of aromatic nitrogens is 2. The zero-order valence-corrected chi connectivity index (χ0v) is 18.5. The summed E-state index contributed by atoms with van der Waals surface area (Å²) >= 11 is 0. The fraction of sp³-hybridized carbons (Fsp3) is 0.280. The Morgan fingerprint density at radius 2 is 1.91 bits per heavy atom. The minimum absolute atomic E-state index is 0.0265. The minimum atomic E-state index is -0.507. The molecule has 0 amide bonds. The predicted molar refractivity (Wildman–Crippen MR) is 129 cm³/mol. The lowest BCUT2D eigenvalue weighted by atomic mass is 10.1. The highest BCUT2D eigenvalue weighted by molar-refractivity contribution is 5.80. The summed E-state index contributed by atoms with van der Waals surface area (Å²) in [5.74, 6) is 0.176. The number of rotatable bonds is 10. The molecule has 3 aromatic rings. The van der Waals surface area contributed by atoms with E-state index >= 15 is 0 Å². The molecule has 0 saturated heterocycles. The number of hydrogen-bond donors (Lipinski definition) is 2. The molecule has 0 radical (unpaired) electrons. The Labute approximate surface area is 188 Å². The van der Waals surface area contributed by atoms with Crippen molar-refractivity contribution in [1.82, 2.24) is 14.9 Å². The summed E-state index contributed by atoms with van der Waals surface area (Å²) in [6.45, 7) is 7.48. The van der Waals surface area contributed by atoms with Crippen molar-refractivity contribution in [2.24, 2.45) is 5.10 Å². The SMILES string of the molecule is CCCCN(CC)Cc1ccc(C=NNc2nc(-c3ccccc3)c(C#N)c(=O)[nH]2)cc1. The van der Waals surface area contributed by atoms with Gasteiger partial charge in [0.15, 0.2) is 0 Å². The van der Waals surface area contributed by atoms with E-state index in [4.69, 9.17) is 0 Å². The number of H-pyrrole nitrogens is 1. The molecular formula is C25H28N6O. The van der Waals surface area contributed by atoms with Crippen LogP contribution in [0.15, 0.2) is 64.5 Å². The number of unbranched alkanes of at least 4 members (excludes halogenated alkanes) is 1. The van der Waals surface area contributed by atoms with Gasteiger partial charge in [-0.2, -0.15) is 10.4 Å². The van der Waals surface area contributed by atoms with Crippen LogP contribution < -0.4 is 11.0 Å². The molecule has 1 aromatic heterocycles. The maximum absolute atomic E-state index is 12.3. The summed E-state index contributed by atoms with van der Waals surface area (Å²) < 4.78 is 0. The number of nitrogens with one attached hydrogen (secondary N) is 2. The zero-order valence-electron chi connectivity index (χ0n) is 18.5. The van der Waals surface area contributed by atoms with Gasteiger partial charge in [-0.05, 0) is 30.6 Å². The Balaban J connectivity index is 1.69. The lowest BCUT2D eigenvalue weighted by Gasteiger charge is -2.20. The van der Waals surface area contributed by atoms with Crippen molar-refractivity contribution in [3.8, 4) is 17.3 Å². The van der Waals surface area contributed by atoms with E-state index in [0.717, 1.165) is 25.2 Å². The average Bonchev–Trinajstić information content (AvgIpc) is 2.83. The molecule has 0 aliphatic carbocycles. The second-order valence-corrected chi connectivity index (χ2v) is 7.45. The molecule has 0 bridgehead atoms. The number of nitriles is 1. The van der Waals surface area contributed by atoms with Crippen LogP contribution in [-0.4, -0.2) is 34.2 Å². The third-order valence-electron chi connectivity index (χ3n) is 5.12. The van der Waals surface area contributed by atoms with Crippen molar-refractivity contribution >= 4 is 12.2 Å². The molecule has 1 heterocycles. The van der Waals surface area contributed by atoms with E-state index in [2.05, 4.69) is 51.4 Å². The first-order valence-corrected chi connectivity index (χ1v) is 10.8. The summed E-state index contributed by atoms with van der Waals surface area (Å²) in [5, 5.41) is 13.5. The zero-order chi connectivity index (χ0) is 22.8. The molecule has 7 heteroatoms. The molecule has 0 saturated carbocycles.